The lowest BCUT2D eigenvalue weighted by molar-refractivity contribution is -0.274. The van der Waals surface area contributed by atoms with Crippen LogP contribution in [0.2, 0.25) is 0 Å². The fourth-order valence-corrected chi connectivity index (χ4v) is 6.91. The highest BCUT2D eigenvalue weighted by Gasteiger charge is 2.42. The molecular formula is C26H27F3IN5O2. The van der Waals surface area contributed by atoms with Gasteiger partial charge >= 0.3 is 6.36 Å². The highest BCUT2D eigenvalue weighted by atomic mass is 127. The maximum absolute atomic E-state index is 13.1. The summed E-state index contributed by atoms with van der Waals surface area (Å²) in [7, 11) is 3.57. The Bertz CT molecular complexity index is 1450. The predicted molar refractivity (Wildman–Crippen MR) is 148 cm³/mol. The quantitative estimate of drug-likeness (QED) is 0.297. The van der Waals surface area contributed by atoms with Gasteiger partial charge in [-0.25, -0.2) is 4.98 Å². The van der Waals surface area contributed by atoms with E-state index in [2.05, 4.69) is 32.0 Å². The van der Waals surface area contributed by atoms with Gasteiger partial charge in [0.15, 0.2) is 0 Å². The minimum atomic E-state index is -4.74. The van der Waals surface area contributed by atoms with Crippen molar-refractivity contribution >= 4 is 47.7 Å². The molecule has 2 aromatic heterocycles. The lowest BCUT2D eigenvalue weighted by atomic mass is 9.91. The molecule has 0 amide bonds. The molecule has 3 aromatic rings. The summed E-state index contributed by atoms with van der Waals surface area (Å²) >= 11 is -0.580. The number of ether oxygens (including phenoxy) is 1. The first kappa shape index (κ1) is 26.9. The number of pyridine rings is 2. The third kappa shape index (κ3) is 5.16. The summed E-state index contributed by atoms with van der Waals surface area (Å²) in [5, 5.41) is 9.94. The van der Waals surface area contributed by atoms with Crippen LogP contribution in [0.15, 0.2) is 41.2 Å². The van der Waals surface area contributed by atoms with Crippen molar-refractivity contribution in [3.8, 4) is 11.8 Å². The molecule has 4 rings (SSSR count). The van der Waals surface area contributed by atoms with Crippen molar-refractivity contribution in [1.82, 2.24) is 9.55 Å². The van der Waals surface area contributed by atoms with Crippen LogP contribution in [0.3, 0.4) is 0 Å². The number of fused-ring (bicyclic) bond motifs is 1. The van der Waals surface area contributed by atoms with Gasteiger partial charge in [0.05, 0.1) is 14.6 Å². The van der Waals surface area contributed by atoms with Crippen molar-refractivity contribution in [2.75, 3.05) is 29.9 Å². The van der Waals surface area contributed by atoms with Crippen molar-refractivity contribution < 1.29 is 17.9 Å². The molecule has 2 atom stereocenters. The van der Waals surface area contributed by atoms with Gasteiger partial charge in [0.2, 0.25) is 0 Å². The Morgan fingerprint density at radius 2 is 1.95 bits per heavy atom. The molecule has 0 saturated carbocycles. The molecule has 1 aromatic carbocycles. The van der Waals surface area contributed by atoms with Gasteiger partial charge in [0.1, 0.15) is 22.9 Å². The monoisotopic (exact) mass is 625 g/mol. The number of halogens is 4. The molecule has 196 valence electrons. The van der Waals surface area contributed by atoms with Crippen molar-refractivity contribution in [1.29, 1.82) is 5.26 Å². The summed E-state index contributed by atoms with van der Waals surface area (Å²) in [6, 6.07) is 11.7. The molecule has 1 fully saturated rings. The number of aromatic nitrogens is 2. The van der Waals surface area contributed by atoms with Crippen LogP contribution in [-0.2, 0) is 7.05 Å². The average molecular weight is 625 g/mol. The predicted octanol–water partition coefficient (Wildman–Crippen LogP) is 4.89. The Morgan fingerprint density at radius 3 is 2.54 bits per heavy atom. The lowest BCUT2D eigenvalue weighted by Gasteiger charge is -2.49. The number of benzene rings is 1. The summed E-state index contributed by atoms with van der Waals surface area (Å²) in [4.78, 5) is 21.9. The number of hydrogen-bond acceptors (Lipinski definition) is 6. The number of alkyl halides is 4. The van der Waals surface area contributed by atoms with Gasteiger partial charge in [-0.2, -0.15) is 5.26 Å². The van der Waals surface area contributed by atoms with Crippen LogP contribution in [0, 0.1) is 18.3 Å². The normalized spacial score (nSPS) is 20.1. The van der Waals surface area contributed by atoms with E-state index in [0.29, 0.717) is 36.2 Å². The SMILES string of the molecule is C=I[C@@]1(C)CN(c2c(C#N)c(=O)n(C)c3ccc(C)nc23)CCC1N(C)c1ccc(OC(F)(F)F)cc1. The minimum Gasteiger partial charge on any atom is -0.406 e. The largest absolute Gasteiger partial charge is 0.573 e. The van der Waals surface area contributed by atoms with Crippen LogP contribution in [0.1, 0.15) is 24.6 Å². The molecule has 1 aliphatic rings. The van der Waals surface area contributed by atoms with E-state index in [0.717, 1.165) is 11.4 Å². The summed E-state index contributed by atoms with van der Waals surface area (Å²) in [6.07, 6.45) is -4.04. The Hall–Kier alpha value is -3.14. The number of piperidine rings is 1. The van der Waals surface area contributed by atoms with Gasteiger partial charge in [0, 0.05) is 44.6 Å². The number of aryl methyl sites for hydroxylation is 2. The molecule has 0 N–H and O–H groups in total. The van der Waals surface area contributed by atoms with E-state index >= 15 is 0 Å². The standard InChI is InChI=1S/C26H27F3IN5O2/c1-16-6-11-20-22(32-16)23(19(14-31)24(36)34(20)5)35-13-12-21(25(2,15-35)30-3)33(4)17-7-9-18(10-8-17)37-26(27,28)29/h6-11,21H,3,12-13,15H2,1-2,4-5H3/t21?,25-/m0/s1. The Balaban J connectivity index is 1.69. The molecule has 3 heterocycles. The molecule has 1 aliphatic heterocycles. The van der Waals surface area contributed by atoms with Crippen molar-refractivity contribution in [3.05, 3.63) is 58.0 Å². The van der Waals surface area contributed by atoms with Crippen LogP contribution in [0.25, 0.3) is 11.0 Å². The molecule has 0 bridgehead atoms. The van der Waals surface area contributed by atoms with Crippen molar-refractivity contribution in [2.24, 2.45) is 7.05 Å². The number of rotatable bonds is 5. The highest BCUT2D eigenvalue weighted by molar-refractivity contribution is 14.2. The zero-order valence-electron chi connectivity index (χ0n) is 20.9. The Kier molecular flexibility index (Phi) is 7.25. The summed E-state index contributed by atoms with van der Waals surface area (Å²) in [5.74, 6) is -0.267. The number of hydrogen-bond donors (Lipinski definition) is 0. The lowest BCUT2D eigenvalue weighted by Crippen LogP contribution is -2.58. The van der Waals surface area contributed by atoms with E-state index in [1.54, 1.807) is 19.2 Å². The zero-order valence-corrected chi connectivity index (χ0v) is 23.1. The number of nitriles is 1. The summed E-state index contributed by atoms with van der Waals surface area (Å²) in [6.45, 7) is 5.17. The highest BCUT2D eigenvalue weighted by Crippen LogP contribution is 2.41. The third-order valence-corrected chi connectivity index (χ3v) is 9.70. The first-order valence-electron chi connectivity index (χ1n) is 11.5. The molecule has 0 aliphatic carbocycles. The van der Waals surface area contributed by atoms with E-state index in [9.17, 15) is 23.2 Å². The Labute approximate surface area is 222 Å². The molecule has 7 nitrogen and oxygen atoms in total. The van der Waals surface area contributed by atoms with E-state index in [4.69, 9.17) is 4.98 Å². The van der Waals surface area contributed by atoms with Crippen LogP contribution < -0.4 is 20.1 Å². The number of anilines is 2. The van der Waals surface area contributed by atoms with Crippen LogP contribution in [0.5, 0.6) is 5.75 Å². The molecule has 1 unspecified atom stereocenters. The first-order valence-corrected chi connectivity index (χ1v) is 14.1. The van der Waals surface area contributed by atoms with Gasteiger partial charge in [0.25, 0.3) is 5.56 Å². The molecule has 0 spiro atoms. The Morgan fingerprint density at radius 1 is 1.27 bits per heavy atom. The fourth-order valence-electron chi connectivity index (χ4n) is 5.02. The summed E-state index contributed by atoms with van der Waals surface area (Å²) < 4.78 is 47.2. The van der Waals surface area contributed by atoms with Gasteiger partial charge in [-0.3, -0.25) is 4.79 Å². The molecule has 11 heteroatoms. The van der Waals surface area contributed by atoms with Gasteiger partial charge in [-0.05, 0) is 56.7 Å². The van der Waals surface area contributed by atoms with Gasteiger partial charge in [-0.15, -0.1) is 33.9 Å². The second-order valence-electron chi connectivity index (χ2n) is 9.31. The molecule has 37 heavy (non-hydrogen) atoms. The molecule has 1 saturated heterocycles. The van der Waals surface area contributed by atoms with Crippen LogP contribution >= 0.6 is 20.7 Å². The van der Waals surface area contributed by atoms with Gasteiger partial charge in [-0.1, -0.05) is 4.51 Å². The number of nitrogens with zero attached hydrogens (tertiary/aromatic N) is 5. The van der Waals surface area contributed by atoms with Crippen LogP contribution in [-0.4, -0.2) is 50.0 Å². The average Bonchev–Trinajstić information content (AvgIpc) is 2.85. The van der Waals surface area contributed by atoms with E-state index in [1.165, 1.54) is 16.7 Å². The smallest absolute Gasteiger partial charge is 0.406 e. The van der Waals surface area contributed by atoms with Crippen LogP contribution in [0.4, 0.5) is 24.5 Å². The maximum Gasteiger partial charge on any atom is 0.573 e. The zero-order chi connectivity index (χ0) is 27.1. The summed E-state index contributed by atoms with van der Waals surface area (Å²) in [5.41, 5.74) is 3.11. The van der Waals surface area contributed by atoms with Gasteiger partial charge < -0.3 is 19.1 Å². The minimum absolute atomic E-state index is 0.0569. The van der Waals surface area contributed by atoms with Crippen molar-refractivity contribution in [3.63, 3.8) is 0 Å². The van der Waals surface area contributed by atoms with Crippen molar-refractivity contribution in [2.45, 2.75) is 36.1 Å². The molecule has 0 radical (unpaired) electrons. The molecular weight excluding hydrogens is 598 g/mol. The third-order valence-electron chi connectivity index (χ3n) is 6.90. The second kappa shape index (κ2) is 9.96. The maximum atomic E-state index is 13.1. The van der Waals surface area contributed by atoms with E-state index < -0.39 is 27.1 Å². The second-order valence-corrected chi connectivity index (χ2v) is 12.5. The fraction of sp³-hybridized carbons (Fsp3) is 0.385. The topological polar surface area (TPSA) is 74.4 Å². The first-order chi connectivity index (χ1) is 17.4. The van der Waals surface area contributed by atoms with E-state index in [1.807, 2.05) is 26.1 Å². The van der Waals surface area contributed by atoms with E-state index in [-0.39, 0.29) is 26.3 Å².